The van der Waals surface area contributed by atoms with E-state index < -0.39 is 11.8 Å². The molecule has 0 bridgehead atoms. The number of carboxylic acid groups (broad SMARTS) is 1. The molecule has 21 heavy (non-hydrogen) atoms. The second-order valence-corrected chi connectivity index (χ2v) is 4.38. The predicted molar refractivity (Wildman–Crippen MR) is 76.8 cm³/mol. The van der Waals surface area contributed by atoms with E-state index in [1.807, 2.05) is 6.07 Å². The lowest BCUT2D eigenvalue weighted by molar-refractivity contribution is 0.0698. The van der Waals surface area contributed by atoms with Gasteiger partial charge in [-0.1, -0.05) is 12.1 Å². The maximum Gasteiger partial charge on any atom is 0.337 e. The van der Waals surface area contributed by atoms with E-state index in [0.29, 0.717) is 12.1 Å². The van der Waals surface area contributed by atoms with Gasteiger partial charge in [-0.3, -0.25) is 0 Å². The summed E-state index contributed by atoms with van der Waals surface area (Å²) in [5, 5.41) is 20.4. The molecule has 0 aliphatic rings. The summed E-state index contributed by atoms with van der Waals surface area (Å²) in [6.45, 7) is 0. The minimum Gasteiger partial charge on any atom is -0.478 e. The van der Waals surface area contributed by atoms with Crippen molar-refractivity contribution < 1.29 is 14.3 Å². The third-order valence-corrected chi connectivity index (χ3v) is 2.89. The molecule has 0 saturated heterocycles. The maximum atomic E-state index is 13.8. The van der Waals surface area contributed by atoms with E-state index in [1.165, 1.54) is 0 Å². The molecule has 0 aliphatic heterocycles. The molecule has 0 aliphatic carbocycles. The van der Waals surface area contributed by atoms with Crippen LogP contribution in [0.4, 0.5) is 21.5 Å². The summed E-state index contributed by atoms with van der Waals surface area (Å²) in [6.07, 6.45) is 0.291. The molecule has 0 radical (unpaired) electrons. The Balaban J connectivity index is 2.29. The number of aromatic carboxylic acids is 1. The van der Waals surface area contributed by atoms with Crippen molar-refractivity contribution in [1.82, 2.24) is 0 Å². The number of halogens is 1. The highest BCUT2D eigenvalue weighted by molar-refractivity contribution is 5.95. The normalized spacial score (nSPS) is 9.90. The number of nitrogens with two attached hydrogens (primary N) is 1. The van der Waals surface area contributed by atoms with E-state index in [0.717, 1.165) is 17.7 Å². The van der Waals surface area contributed by atoms with Crippen LogP contribution in [-0.4, -0.2) is 11.1 Å². The molecule has 0 aromatic heterocycles. The van der Waals surface area contributed by atoms with Gasteiger partial charge in [0, 0.05) is 11.4 Å². The fourth-order valence-electron chi connectivity index (χ4n) is 1.82. The number of nitrogens with zero attached hydrogens (tertiary/aromatic N) is 1. The number of nitrogens with one attached hydrogen (secondary N) is 1. The molecule has 106 valence electrons. The smallest absolute Gasteiger partial charge is 0.337 e. The van der Waals surface area contributed by atoms with Crippen molar-refractivity contribution >= 4 is 23.0 Å². The minimum absolute atomic E-state index is 0.0228. The Hall–Kier alpha value is -3.07. The lowest BCUT2D eigenvalue weighted by Gasteiger charge is -2.10. The lowest BCUT2D eigenvalue weighted by atomic mass is 10.1. The van der Waals surface area contributed by atoms with Crippen molar-refractivity contribution in [3.63, 3.8) is 0 Å². The first-order valence-electron chi connectivity index (χ1n) is 6.06. The van der Waals surface area contributed by atoms with Crippen molar-refractivity contribution in [1.29, 1.82) is 5.26 Å². The third kappa shape index (κ3) is 3.28. The number of nitrogen functional groups attached to an aromatic ring is 1. The molecule has 0 spiro atoms. The molecule has 2 aromatic rings. The molecule has 0 fully saturated rings. The van der Waals surface area contributed by atoms with Gasteiger partial charge in [-0.2, -0.15) is 5.26 Å². The Morgan fingerprint density at radius 1 is 1.33 bits per heavy atom. The molecule has 5 nitrogen and oxygen atoms in total. The first-order valence-corrected chi connectivity index (χ1v) is 6.06. The van der Waals surface area contributed by atoms with E-state index in [2.05, 4.69) is 5.32 Å². The molecule has 6 heteroatoms. The summed E-state index contributed by atoms with van der Waals surface area (Å²) < 4.78 is 13.8. The van der Waals surface area contributed by atoms with Gasteiger partial charge in [-0.25, -0.2) is 9.18 Å². The van der Waals surface area contributed by atoms with Gasteiger partial charge in [0.15, 0.2) is 0 Å². The highest BCUT2D eigenvalue weighted by Gasteiger charge is 2.13. The first kappa shape index (κ1) is 14.3. The lowest BCUT2D eigenvalue weighted by Crippen LogP contribution is -2.05. The van der Waals surface area contributed by atoms with Crippen LogP contribution in [0.15, 0.2) is 36.4 Å². The van der Waals surface area contributed by atoms with Crippen LogP contribution in [0.25, 0.3) is 0 Å². The Kier molecular flexibility index (Phi) is 4.05. The van der Waals surface area contributed by atoms with E-state index >= 15 is 0 Å². The summed E-state index contributed by atoms with van der Waals surface area (Å²) in [4.78, 5) is 11.0. The molecule has 0 amide bonds. The first-order chi connectivity index (χ1) is 10.0. The van der Waals surface area contributed by atoms with Crippen molar-refractivity contribution in [2.75, 3.05) is 11.1 Å². The van der Waals surface area contributed by atoms with Crippen LogP contribution in [0.5, 0.6) is 0 Å². The highest BCUT2D eigenvalue weighted by Crippen LogP contribution is 2.25. The molecule has 2 aromatic carbocycles. The number of carbonyl (C=O) groups is 1. The average molecular weight is 285 g/mol. The zero-order chi connectivity index (χ0) is 15.4. The standard InChI is InChI=1S/C15H12FN3O2/c16-12-8-13(18)11(15(20)21)7-14(12)19-10-3-1-9(2-4-10)5-6-17/h1-4,7-8,19H,5,18H2,(H,20,21). The van der Waals surface area contributed by atoms with Gasteiger partial charge >= 0.3 is 5.97 Å². The van der Waals surface area contributed by atoms with Crippen molar-refractivity contribution in [3.05, 3.63) is 53.3 Å². The van der Waals surface area contributed by atoms with Gasteiger partial charge in [0.05, 0.1) is 23.7 Å². The molecule has 2 rings (SSSR count). The number of carboxylic acids is 1. The van der Waals surface area contributed by atoms with Crippen LogP contribution >= 0.6 is 0 Å². The summed E-state index contributed by atoms with van der Waals surface area (Å²) >= 11 is 0. The quantitative estimate of drug-likeness (QED) is 0.750. The van der Waals surface area contributed by atoms with Crippen LogP contribution in [0.2, 0.25) is 0 Å². The average Bonchev–Trinajstić information content (AvgIpc) is 2.43. The summed E-state index contributed by atoms with van der Waals surface area (Å²) in [6, 6.07) is 11.0. The third-order valence-electron chi connectivity index (χ3n) is 2.89. The van der Waals surface area contributed by atoms with Crippen molar-refractivity contribution in [2.45, 2.75) is 6.42 Å². The number of anilines is 3. The summed E-state index contributed by atoms with van der Waals surface area (Å²) in [5.74, 6) is -1.86. The zero-order valence-electron chi connectivity index (χ0n) is 10.9. The van der Waals surface area contributed by atoms with Crippen molar-refractivity contribution in [3.8, 4) is 6.07 Å². The Bertz CT molecular complexity index is 721. The molecule has 0 atom stereocenters. The predicted octanol–water partition coefficient (Wildman–Crippen LogP) is 2.92. The van der Waals surface area contributed by atoms with E-state index in [9.17, 15) is 9.18 Å². The molecule has 0 saturated carbocycles. The SMILES string of the molecule is N#CCc1ccc(Nc2cc(C(=O)O)c(N)cc2F)cc1. The Morgan fingerprint density at radius 2 is 2.00 bits per heavy atom. The number of benzene rings is 2. The monoisotopic (exact) mass is 285 g/mol. The van der Waals surface area contributed by atoms with Crippen LogP contribution in [0.1, 0.15) is 15.9 Å². The van der Waals surface area contributed by atoms with Crippen molar-refractivity contribution in [2.24, 2.45) is 0 Å². The zero-order valence-corrected chi connectivity index (χ0v) is 10.9. The van der Waals surface area contributed by atoms with Gasteiger partial charge in [-0.15, -0.1) is 0 Å². The largest absolute Gasteiger partial charge is 0.478 e. The highest BCUT2D eigenvalue weighted by atomic mass is 19.1. The van der Waals surface area contributed by atoms with E-state index in [1.54, 1.807) is 24.3 Å². The number of rotatable bonds is 4. The van der Waals surface area contributed by atoms with Gasteiger partial charge in [-0.05, 0) is 29.8 Å². The number of hydrogen-bond acceptors (Lipinski definition) is 4. The van der Waals surface area contributed by atoms with E-state index in [-0.39, 0.29) is 16.9 Å². The molecule has 0 heterocycles. The van der Waals surface area contributed by atoms with Crippen LogP contribution in [0, 0.1) is 17.1 Å². The Labute approximate surface area is 120 Å². The van der Waals surface area contributed by atoms with Crippen LogP contribution < -0.4 is 11.1 Å². The fraction of sp³-hybridized carbons (Fsp3) is 0.0667. The van der Waals surface area contributed by atoms with Gasteiger partial charge in [0.2, 0.25) is 0 Å². The van der Waals surface area contributed by atoms with E-state index in [4.69, 9.17) is 16.1 Å². The van der Waals surface area contributed by atoms with Gasteiger partial charge < -0.3 is 16.2 Å². The molecule has 0 unspecified atom stereocenters. The second kappa shape index (κ2) is 5.92. The van der Waals surface area contributed by atoms with Crippen LogP contribution in [-0.2, 0) is 6.42 Å². The number of hydrogen-bond donors (Lipinski definition) is 3. The molecular formula is C15H12FN3O2. The number of nitriles is 1. The second-order valence-electron chi connectivity index (χ2n) is 4.38. The topological polar surface area (TPSA) is 99.1 Å². The van der Waals surface area contributed by atoms with Gasteiger partial charge in [0.25, 0.3) is 0 Å². The molecule has 4 N–H and O–H groups in total. The maximum absolute atomic E-state index is 13.8. The summed E-state index contributed by atoms with van der Waals surface area (Å²) in [5.41, 5.74) is 6.61. The van der Waals surface area contributed by atoms with Crippen LogP contribution in [0.3, 0.4) is 0 Å². The fourth-order valence-corrected chi connectivity index (χ4v) is 1.82. The molecular weight excluding hydrogens is 273 g/mol. The Morgan fingerprint density at radius 3 is 2.57 bits per heavy atom. The minimum atomic E-state index is -1.22. The van der Waals surface area contributed by atoms with Gasteiger partial charge in [0.1, 0.15) is 5.82 Å². The summed E-state index contributed by atoms with van der Waals surface area (Å²) in [7, 11) is 0.